The first-order valence-electron chi connectivity index (χ1n) is 9.31. The van der Waals surface area contributed by atoms with Gasteiger partial charge in [0.05, 0.1) is 7.11 Å². The molecule has 2 amide bonds. The molecule has 0 aliphatic carbocycles. The van der Waals surface area contributed by atoms with Gasteiger partial charge in [-0.05, 0) is 35.7 Å². The summed E-state index contributed by atoms with van der Waals surface area (Å²) in [5.41, 5.74) is 2.04. The Morgan fingerprint density at radius 3 is 2.52 bits per heavy atom. The van der Waals surface area contributed by atoms with Gasteiger partial charge in [0, 0.05) is 23.5 Å². The molecule has 3 rings (SSSR count). The Hall–Kier alpha value is -3.54. The van der Waals surface area contributed by atoms with E-state index in [0.29, 0.717) is 28.8 Å². The van der Waals surface area contributed by atoms with E-state index in [1.165, 1.54) is 0 Å². The predicted octanol–water partition coefficient (Wildman–Crippen LogP) is 5.82. The number of hydrogen-bond donors (Lipinski definition) is 2. The molecule has 1 aromatic heterocycles. The number of pyridine rings is 1. The van der Waals surface area contributed by atoms with Gasteiger partial charge in [-0.3, -0.25) is 0 Å². The molecule has 0 saturated carbocycles. The molecular weight excluding hydrogens is 366 g/mol. The van der Waals surface area contributed by atoms with E-state index in [9.17, 15) is 4.79 Å². The van der Waals surface area contributed by atoms with Crippen molar-refractivity contribution in [3.63, 3.8) is 0 Å². The third-order valence-electron chi connectivity index (χ3n) is 4.25. The molecule has 2 aromatic carbocycles. The number of aromatic nitrogens is 1. The van der Waals surface area contributed by atoms with Crippen LogP contribution in [0.3, 0.4) is 0 Å². The lowest BCUT2D eigenvalue weighted by Gasteiger charge is -2.22. The van der Waals surface area contributed by atoms with E-state index in [0.717, 1.165) is 5.56 Å². The lowest BCUT2D eigenvalue weighted by molar-refractivity contribution is 0.262. The number of carbonyl (C=O) groups excluding carboxylic acids is 1. The molecule has 0 spiro atoms. The van der Waals surface area contributed by atoms with Gasteiger partial charge in [0.2, 0.25) is 5.88 Å². The van der Waals surface area contributed by atoms with Gasteiger partial charge < -0.3 is 20.1 Å². The highest BCUT2D eigenvalue weighted by Crippen LogP contribution is 2.35. The molecule has 150 valence electrons. The fourth-order valence-electron chi connectivity index (χ4n) is 2.83. The molecular formula is C23H25N3O3. The molecule has 0 fully saturated rings. The number of para-hydroxylation sites is 1. The molecule has 0 aliphatic rings. The van der Waals surface area contributed by atoms with Gasteiger partial charge in [-0.2, -0.15) is 0 Å². The minimum Gasteiger partial charge on any atom is -0.497 e. The van der Waals surface area contributed by atoms with E-state index in [1.54, 1.807) is 43.6 Å². The molecule has 0 atom stereocenters. The lowest BCUT2D eigenvalue weighted by atomic mass is 9.86. The second-order valence-corrected chi connectivity index (χ2v) is 7.52. The van der Waals surface area contributed by atoms with Gasteiger partial charge in [-0.15, -0.1) is 0 Å². The van der Waals surface area contributed by atoms with E-state index in [2.05, 4.69) is 36.4 Å². The first kappa shape index (κ1) is 20.2. The monoisotopic (exact) mass is 391 g/mol. The van der Waals surface area contributed by atoms with E-state index >= 15 is 0 Å². The molecule has 3 aromatic rings. The van der Waals surface area contributed by atoms with Crippen LogP contribution in [0.2, 0.25) is 0 Å². The summed E-state index contributed by atoms with van der Waals surface area (Å²) in [6.07, 6.45) is 1.63. The van der Waals surface area contributed by atoms with Crippen molar-refractivity contribution in [2.75, 3.05) is 17.7 Å². The minimum atomic E-state index is -0.403. The highest BCUT2D eigenvalue weighted by atomic mass is 16.5. The van der Waals surface area contributed by atoms with Gasteiger partial charge >= 0.3 is 6.03 Å². The first-order valence-corrected chi connectivity index (χ1v) is 9.31. The van der Waals surface area contributed by atoms with E-state index in [4.69, 9.17) is 9.47 Å². The van der Waals surface area contributed by atoms with Crippen LogP contribution in [0.4, 0.5) is 16.2 Å². The quantitative estimate of drug-likeness (QED) is 0.574. The minimum absolute atomic E-state index is 0.0945. The van der Waals surface area contributed by atoms with Crippen LogP contribution in [0.25, 0.3) is 0 Å². The van der Waals surface area contributed by atoms with E-state index in [1.807, 2.05) is 30.3 Å². The summed E-state index contributed by atoms with van der Waals surface area (Å²) in [5.74, 6) is 1.69. The largest absolute Gasteiger partial charge is 0.497 e. The van der Waals surface area contributed by atoms with Gasteiger partial charge in [0.25, 0.3) is 0 Å². The van der Waals surface area contributed by atoms with Crippen LogP contribution >= 0.6 is 0 Å². The number of carbonyl (C=O) groups is 1. The summed E-state index contributed by atoms with van der Waals surface area (Å²) in [5, 5.41) is 5.58. The highest BCUT2D eigenvalue weighted by Gasteiger charge is 2.20. The predicted molar refractivity (Wildman–Crippen MR) is 115 cm³/mol. The number of urea groups is 1. The van der Waals surface area contributed by atoms with Gasteiger partial charge in [0.15, 0.2) is 0 Å². The Morgan fingerprint density at radius 1 is 0.966 bits per heavy atom. The van der Waals surface area contributed by atoms with Crippen molar-refractivity contribution < 1.29 is 14.3 Å². The number of benzene rings is 2. The van der Waals surface area contributed by atoms with Crippen molar-refractivity contribution >= 4 is 17.4 Å². The fourth-order valence-corrected chi connectivity index (χ4v) is 2.83. The Balaban J connectivity index is 1.78. The maximum atomic E-state index is 12.5. The van der Waals surface area contributed by atoms with E-state index < -0.39 is 6.03 Å². The second-order valence-electron chi connectivity index (χ2n) is 7.52. The third kappa shape index (κ3) is 5.25. The number of methoxy groups -OCH3 is 1. The standard InChI is InChI=1S/C23H25N3O3/c1-23(2,3)18-11-5-6-13-20(18)29-21-19(12-8-14-24-21)26-22(27)25-16-9-7-10-17(15-16)28-4/h5-15H,1-4H3,(H2,25,26,27). The Morgan fingerprint density at radius 2 is 1.76 bits per heavy atom. The molecule has 0 saturated heterocycles. The summed E-state index contributed by atoms with van der Waals surface area (Å²) >= 11 is 0. The number of nitrogens with zero attached hydrogens (tertiary/aromatic N) is 1. The van der Waals surface area contributed by atoms with Crippen LogP contribution in [0.5, 0.6) is 17.4 Å². The van der Waals surface area contributed by atoms with Crippen molar-refractivity contribution in [2.24, 2.45) is 0 Å². The average Bonchev–Trinajstić information content (AvgIpc) is 2.69. The molecule has 0 radical (unpaired) electrons. The maximum absolute atomic E-state index is 12.5. The molecule has 2 N–H and O–H groups in total. The number of ether oxygens (including phenoxy) is 2. The molecule has 0 aliphatic heterocycles. The van der Waals surface area contributed by atoms with Crippen molar-refractivity contribution in [2.45, 2.75) is 26.2 Å². The Bertz CT molecular complexity index is 996. The van der Waals surface area contributed by atoms with Crippen molar-refractivity contribution in [3.8, 4) is 17.4 Å². The number of nitrogens with one attached hydrogen (secondary N) is 2. The Labute approximate surface area is 170 Å². The summed E-state index contributed by atoms with van der Waals surface area (Å²) in [6.45, 7) is 6.36. The van der Waals surface area contributed by atoms with Crippen LogP contribution in [0.15, 0.2) is 66.9 Å². The van der Waals surface area contributed by atoms with Gasteiger partial charge in [-0.1, -0.05) is 45.0 Å². The summed E-state index contributed by atoms with van der Waals surface area (Å²) < 4.78 is 11.3. The summed E-state index contributed by atoms with van der Waals surface area (Å²) in [7, 11) is 1.58. The zero-order valence-electron chi connectivity index (χ0n) is 17.0. The smallest absolute Gasteiger partial charge is 0.323 e. The van der Waals surface area contributed by atoms with Gasteiger partial charge in [-0.25, -0.2) is 9.78 Å². The number of anilines is 2. The fraction of sp³-hybridized carbons (Fsp3) is 0.217. The molecule has 6 nitrogen and oxygen atoms in total. The average molecular weight is 391 g/mol. The highest BCUT2D eigenvalue weighted by molar-refractivity contribution is 6.00. The Kier molecular flexibility index (Phi) is 6.02. The molecule has 0 bridgehead atoms. The first-order chi connectivity index (χ1) is 13.9. The van der Waals surface area contributed by atoms with E-state index in [-0.39, 0.29) is 5.41 Å². The lowest BCUT2D eigenvalue weighted by Crippen LogP contribution is -2.20. The van der Waals surface area contributed by atoms with Crippen LogP contribution in [0, 0.1) is 0 Å². The number of rotatable bonds is 5. The zero-order valence-corrected chi connectivity index (χ0v) is 17.0. The SMILES string of the molecule is COc1cccc(NC(=O)Nc2cccnc2Oc2ccccc2C(C)(C)C)c1. The van der Waals surface area contributed by atoms with Crippen molar-refractivity contribution in [3.05, 3.63) is 72.4 Å². The second kappa shape index (κ2) is 8.65. The summed E-state index contributed by atoms with van der Waals surface area (Å²) in [4.78, 5) is 16.8. The number of amides is 2. The summed E-state index contributed by atoms with van der Waals surface area (Å²) in [6, 6.07) is 18.0. The molecule has 0 unspecified atom stereocenters. The van der Waals surface area contributed by atoms with Crippen LogP contribution in [-0.2, 0) is 5.41 Å². The zero-order chi connectivity index (χ0) is 20.9. The maximum Gasteiger partial charge on any atom is 0.323 e. The third-order valence-corrected chi connectivity index (χ3v) is 4.25. The molecule has 6 heteroatoms. The van der Waals surface area contributed by atoms with Crippen molar-refractivity contribution in [1.82, 2.24) is 4.98 Å². The van der Waals surface area contributed by atoms with Crippen LogP contribution in [-0.4, -0.2) is 18.1 Å². The van der Waals surface area contributed by atoms with Crippen molar-refractivity contribution in [1.29, 1.82) is 0 Å². The topological polar surface area (TPSA) is 72.5 Å². The van der Waals surface area contributed by atoms with Gasteiger partial charge in [0.1, 0.15) is 17.2 Å². The molecule has 29 heavy (non-hydrogen) atoms. The number of hydrogen-bond acceptors (Lipinski definition) is 4. The molecule has 1 heterocycles. The van der Waals surface area contributed by atoms with Crippen LogP contribution in [0.1, 0.15) is 26.3 Å². The normalized spacial score (nSPS) is 10.9. The van der Waals surface area contributed by atoms with Crippen LogP contribution < -0.4 is 20.1 Å².